The molecule has 0 radical (unpaired) electrons. The van der Waals surface area contributed by atoms with Crippen molar-refractivity contribution in [1.29, 1.82) is 0 Å². The highest BCUT2D eigenvalue weighted by atomic mass is 32.1. The molecule has 3 nitrogen and oxygen atoms in total. The maximum atomic E-state index is 5.71. The van der Waals surface area contributed by atoms with Crippen LogP contribution in [-0.2, 0) is 6.54 Å². The summed E-state index contributed by atoms with van der Waals surface area (Å²) >= 11 is 1.74. The summed E-state index contributed by atoms with van der Waals surface area (Å²) in [6.07, 6.45) is 1.92. The molecular formula is C17H24N2OS. The van der Waals surface area contributed by atoms with E-state index in [4.69, 9.17) is 4.74 Å². The highest BCUT2D eigenvalue weighted by Gasteiger charge is 2.07. The molecule has 0 bridgehead atoms. The predicted octanol–water partition coefficient (Wildman–Crippen LogP) is 4.34. The first kappa shape index (κ1) is 16.0. The van der Waals surface area contributed by atoms with E-state index in [2.05, 4.69) is 50.1 Å². The van der Waals surface area contributed by atoms with Gasteiger partial charge in [0.05, 0.1) is 6.61 Å². The summed E-state index contributed by atoms with van der Waals surface area (Å²) in [6, 6.07) is 8.64. The van der Waals surface area contributed by atoms with Gasteiger partial charge >= 0.3 is 0 Å². The van der Waals surface area contributed by atoms with E-state index in [1.54, 1.807) is 11.3 Å². The summed E-state index contributed by atoms with van der Waals surface area (Å²) in [6.45, 7) is 10.1. The zero-order chi connectivity index (χ0) is 15.2. The number of hydrogen-bond donors (Lipinski definition) is 1. The molecule has 0 aliphatic heterocycles. The van der Waals surface area contributed by atoms with Crippen molar-refractivity contribution >= 4 is 11.3 Å². The van der Waals surface area contributed by atoms with E-state index in [1.807, 2.05) is 18.3 Å². The van der Waals surface area contributed by atoms with Gasteiger partial charge in [0, 0.05) is 23.7 Å². The molecule has 2 aromatic rings. The van der Waals surface area contributed by atoms with Crippen molar-refractivity contribution in [3.63, 3.8) is 0 Å². The number of rotatable bonds is 7. The fourth-order valence-corrected chi connectivity index (χ4v) is 2.70. The highest BCUT2D eigenvalue weighted by molar-refractivity contribution is 7.11. The molecule has 21 heavy (non-hydrogen) atoms. The number of nitrogens with zero attached hydrogens (tertiary/aromatic N) is 1. The summed E-state index contributed by atoms with van der Waals surface area (Å²) in [5.74, 6) is 1.49. The number of ether oxygens (including phenoxy) is 1. The number of aromatic nitrogens is 1. The van der Waals surface area contributed by atoms with E-state index < -0.39 is 0 Å². The normalized spacial score (nSPS) is 12.6. The number of aryl methyl sites for hydroxylation is 1. The molecule has 0 aliphatic rings. The van der Waals surface area contributed by atoms with Crippen LogP contribution in [0.15, 0.2) is 30.5 Å². The minimum absolute atomic E-state index is 0.299. The Balaban J connectivity index is 1.85. The highest BCUT2D eigenvalue weighted by Crippen LogP contribution is 2.19. The largest absolute Gasteiger partial charge is 0.493 e. The first-order valence-electron chi connectivity index (χ1n) is 7.42. The zero-order valence-corrected chi connectivity index (χ0v) is 14.0. The van der Waals surface area contributed by atoms with Crippen molar-refractivity contribution in [2.24, 2.45) is 5.92 Å². The molecule has 1 unspecified atom stereocenters. The number of benzene rings is 1. The minimum atomic E-state index is 0.299. The second kappa shape index (κ2) is 7.57. The van der Waals surface area contributed by atoms with E-state index in [0.29, 0.717) is 12.0 Å². The van der Waals surface area contributed by atoms with Crippen LogP contribution in [0.2, 0.25) is 0 Å². The Morgan fingerprint density at radius 1 is 1.19 bits per heavy atom. The van der Waals surface area contributed by atoms with E-state index in [9.17, 15) is 0 Å². The van der Waals surface area contributed by atoms with Gasteiger partial charge in [-0.05, 0) is 37.5 Å². The Bertz CT molecular complexity index is 548. The summed E-state index contributed by atoms with van der Waals surface area (Å²) in [4.78, 5) is 5.63. The molecule has 0 spiro atoms. The monoisotopic (exact) mass is 304 g/mol. The Labute approximate surface area is 131 Å². The first-order valence-corrected chi connectivity index (χ1v) is 8.23. The van der Waals surface area contributed by atoms with Gasteiger partial charge in [-0.1, -0.05) is 26.0 Å². The second-order valence-corrected chi connectivity index (χ2v) is 7.06. The Morgan fingerprint density at radius 3 is 2.48 bits per heavy atom. The summed E-state index contributed by atoms with van der Waals surface area (Å²) in [5.41, 5.74) is 1.26. The van der Waals surface area contributed by atoms with Gasteiger partial charge < -0.3 is 10.1 Å². The molecule has 1 atom stereocenters. The molecule has 0 saturated carbocycles. The summed E-state index contributed by atoms with van der Waals surface area (Å²) in [7, 11) is 0. The molecule has 1 aromatic heterocycles. The van der Waals surface area contributed by atoms with Crippen molar-refractivity contribution < 1.29 is 4.74 Å². The fourth-order valence-electron chi connectivity index (χ4n) is 1.96. The lowest BCUT2D eigenvalue weighted by Gasteiger charge is -2.14. The number of thiazole rings is 1. The standard InChI is InChI=1S/C17H24N2OS/c1-12(2)11-20-16-7-5-15(6-8-16)14(4)18-10-17-19-9-13(3)21-17/h5-9,12,14,18H,10-11H2,1-4H3. The van der Waals surface area contributed by atoms with E-state index in [-0.39, 0.29) is 0 Å². The number of hydrogen-bond acceptors (Lipinski definition) is 4. The lowest BCUT2D eigenvalue weighted by molar-refractivity contribution is 0.271. The maximum Gasteiger partial charge on any atom is 0.119 e. The molecule has 0 aliphatic carbocycles. The maximum absolute atomic E-state index is 5.71. The van der Waals surface area contributed by atoms with Gasteiger partial charge in [0.2, 0.25) is 0 Å². The third kappa shape index (κ3) is 5.14. The van der Waals surface area contributed by atoms with Crippen LogP contribution in [0.3, 0.4) is 0 Å². The van der Waals surface area contributed by atoms with Crippen molar-refractivity contribution in [2.75, 3.05) is 6.61 Å². The predicted molar refractivity (Wildman–Crippen MR) is 88.9 cm³/mol. The van der Waals surface area contributed by atoms with Crippen LogP contribution >= 0.6 is 11.3 Å². The van der Waals surface area contributed by atoms with E-state index in [1.165, 1.54) is 10.4 Å². The SMILES string of the molecule is Cc1cnc(CNC(C)c2ccc(OCC(C)C)cc2)s1. The smallest absolute Gasteiger partial charge is 0.119 e. The minimum Gasteiger partial charge on any atom is -0.493 e. The van der Waals surface area contributed by atoms with Gasteiger partial charge in [-0.3, -0.25) is 0 Å². The molecule has 0 fully saturated rings. The molecule has 0 saturated heterocycles. The summed E-state index contributed by atoms with van der Waals surface area (Å²) in [5, 5.41) is 4.64. The van der Waals surface area contributed by atoms with Crippen molar-refractivity contribution in [3.8, 4) is 5.75 Å². The first-order chi connectivity index (χ1) is 10.0. The van der Waals surface area contributed by atoms with Gasteiger partial charge in [-0.2, -0.15) is 0 Å². The Hall–Kier alpha value is -1.39. The molecule has 1 N–H and O–H groups in total. The molecule has 1 aromatic carbocycles. The molecule has 0 amide bonds. The zero-order valence-electron chi connectivity index (χ0n) is 13.2. The fraction of sp³-hybridized carbons (Fsp3) is 0.471. The van der Waals surface area contributed by atoms with Gasteiger partial charge in [0.25, 0.3) is 0 Å². The van der Waals surface area contributed by atoms with Crippen LogP contribution in [0.5, 0.6) is 5.75 Å². The van der Waals surface area contributed by atoms with E-state index >= 15 is 0 Å². The number of nitrogens with one attached hydrogen (secondary N) is 1. The topological polar surface area (TPSA) is 34.2 Å². The van der Waals surface area contributed by atoms with Crippen LogP contribution in [0.1, 0.15) is 42.3 Å². The third-order valence-electron chi connectivity index (χ3n) is 3.19. The third-order valence-corrected chi connectivity index (χ3v) is 4.10. The molecule has 4 heteroatoms. The van der Waals surface area contributed by atoms with Gasteiger partial charge in [0.15, 0.2) is 0 Å². The van der Waals surface area contributed by atoms with Crippen LogP contribution in [0.25, 0.3) is 0 Å². The van der Waals surface area contributed by atoms with Crippen LogP contribution in [0, 0.1) is 12.8 Å². The van der Waals surface area contributed by atoms with Crippen LogP contribution in [-0.4, -0.2) is 11.6 Å². The molecule has 114 valence electrons. The van der Waals surface area contributed by atoms with Gasteiger partial charge in [-0.25, -0.2) is 4.98 Å². The van der Waals surface area contributed by atoms with Gasteiger partial charge in [-0.15, -0.1) is 11.3 Å². The van der Waals surface area contributed by atoms with Crippen molar-refractivity contribution in [2.45, 2.75) is 40.3 Å². The molecule has 2 rings (SSSR count). The van der Waals surface area contributed by atoms with Crippen LogP contribution in [0.4, 0.5) is 0 Å². The van der Waals surface area contributed by atoms with E-state index in [0.717, 1.165) is 23.9 Å². The summed E-state index contributed by atoms with van der Waals surface area (Å²) < 4.78 is 5.71. The Kier molecular flexibility index (Phi) is 5.76. The Morgan fingerprint density at radius 2 is 1.90 bits per heavy atom. The van der Waals surface area contributed by atoms with Crippen LogP contribution < -0.4 is 10.1 Å². The lowest BCUT2D eigenvalue weighted by Crippen LogP contribution is -2.17. The second-order valence-electron chi connectivity index (χ2n) is 5.74. The average Bonchev–Trinajstić information content (AvgIpc) is 2.89. The van der Waals surface area contributed by atoms with Gasteiger partial charge in [0.1, 0.15) is 10.8 Å². The average molecular weight is 304 g/mol. The lowest BCUT2D eigenvalue weighted by atomic mass is 10.1. The van der Waals surface area contributed by atoms with Crippen molar-refractivity contribution in [3.05, 3.63) is 45.9 Å². The molecular weight excluding hydrogens is 280 g/mol. The quantitative estimate of drug-likeness (QED) is 0.826. The van der Waals surface area contributed by atoms with Crippen molar-refractivity contribution in [1.82, 2.24) is 10.3 Å². The molecule has 1 heterocycles.